The summed E-state index contributed by atoms with van der Waals surface area (Å²) in [5.74, 6) is -1.08. The number of aromatic carboxylic acids is 1. The van der Waals surface area contributed by atoms with Crippen LogP contribution in [0.25, 0.3) is 10.8 Å². The van der Waals surface area contributed by atoms with Gasteiger partial charge in [0.05, 0.1) is 5.97 Å². The molecule has 0 aliphatic carbocycles. The molecule has 0 saturated carbocycles. The number of quaternary nitrogens is 1. The van der Waals surface area contributed by atoms with Crippen molar-refractivity contribution in [2.24, 2.45) is 0 Å². The SMILES string of the molecule is CCCc1ccc2ccccc2c1C(=O)[O-].[NH4+]. The third kappa shape index (κ3) is 2.45. The van der Waals surface area contributed by atoms with Crippen molar-refractivity contribution in [3.8, 4) is 0 Å². The van der Waals surface area contributed by atoms with Gasteiger partial charge in [0.2, 0.25) is 0 Å². The number of carbonyl (C=O) groups is 1. The predicted molar refractivity (Wildman–Crippen MR) is 68.3 cm³/mol. The van der Waals surface area contributed by atoms with Crippen LogP contribution in [0.15, 0.2) is 36.4 Å². The van der Waals surface area contributed by atoms with Gasteiger partial charge in [-0.05, 0) is 22.8 Å². The minimum Gasteiger partial charge on any atom is -0.545 e. The van der Waals surface area contributed by atoms with Crippen molar-refractivity contribution in [2.45, 2.75) is 19.8 Å². The van der Waals surface area contributed by atoms with Gasteiger partial charge in [0.25, 0.3) is 0 Å². The van der Waals surface area contributed by atoms with Gasteiger partial charge in [-0.15, -0.1) is 0 Å². The van der Waals surface area contributed by atoms with Crippen LogP contribution in [0.5, 0.6) is 0 Å². The van der Waals surface area contributed by atoms with Crippen LogP contribution in [-0.4, -0.2) is 5.97 Å². The Labute approximate surface area is 101 Å². The van der Waals surface area contributed by atoms with E-state index in [0.29, 0.717) is 5.56 Å². The highest BCUT2D eigenvalue weighted by Crippen LogP contribution is 2.22. The number of carbonyl (C=O) groups excluding carboxylic acids is 1. The van der Waals surface area contributed by atoms with E-state index in [2.05, 4.69) is 0 Å². The fourth-order valence-corrected chi connectivity index (χ4v) is 2.04. The minimum absolute atomic E-state index is 0. The number of fused-ring (bicyclic) bond motifs is 1. The minimum atomic E-state index is -1.08. The fourth-order valence-electron chi connectivity index (χ4n) is 2.04. The van der Waals surface area contributed by atoms with E-state index in [1.54, 1.807) is 0 Å². The second-order valence-corrected chi connectivity index (χ2v) is 3.86. The zero-order valence-corrected chi connectivity index (χ0v) is 10.2. The molecule has 2 rings (SSSR count). The van der Waals surface area contributed by atoms with Gasteiger partial charge in [-0.25, -0.2) is 0 Å². The highest BCUT2D eigenvalue weighted by Gasteiger charge is 2.07. The molecule has 0 radical (unpaired) electrons. The first-order valence-electron chi connectivity index (χ1n) is 5.46. The zero-order chi connectivity index (χ0) is 11.5. The summed E-state index contributed by atoms with van der Waals surface area (Å²) in [4.78, 5) is 11.2. The summed E-state index contributed by atoms with van der Waals surface area (Å²) in [5, 5.41) is 12.9. The van der Waals surface area contributed by atoms with Crippen LogP contribution < -0.4 is 11.3 Å². The summed E-state index contributed by atoms with van der Waals surface area (Å²) in [5.41, 5.74) is 1.21. The maximum absolute atomic E-state index is 11.2. The predicted octanol–water partition coefficient (Wildman–Crippen LogP) is 2.53. The molecule has 3 nitrogen and oxygen atoms in total. The molecule has 3 heteroatoms. The van der Waals surface area contributed by atoms with Gasteiger partial charge in [-0.2, -0.15) is 0 Å². The monoisotopic (exact) mass is 231 g/mol. The number of carboxylic acid groups (broad SMARTS) is 1. The average Bonchev–Trinajstić information content (AvgIpc) is 2.28. The first kappa shape index (κ1) is 13.2. The van der Waals surface area contributed by atoms with Gasteiger partial charge in [-0.1, -0.05) is 49.7 Å². The van der Waals surface area contributed by atoms with E-state index >= 15 is 0 Å². The molecule has 2 aromatic rings. The standard InChI is InChI=1S/C14H14O2.H3N/c1-2-5-11-9-8-10-6-3-4-7-12(10)13(11)14(15)16;/h3-4,6-9H,2,5H2,1H3,(H,15,16);1H3. The number of carboxylic acids is 1. The van der Waals surface area contributed by atoms with Gasteiger partial charge in [0.15, 0.2) is 0 Å². The van der Waals surface area contributed by atoms with Crippen LogP contribution in [0.4, 0.5) is 0 Å². The van der Waals surface area contributed by atoms with E-state index in [9.17, 15) is 9.90 Å². The maximum atomic E-state index is 11.2. The fraction of sp³-hybridized carbons (Fsp3) is 0.214. The Bertz CT molecular complexity index is 535. The lowest BCUT2D eigenvalue weighted by Crippen LogP contribution is -2.24. The summed E-state index contributed by atoms with van der Waals surface area (Å²) >= 11 is 0. The first-order chi connectivity index (χ1) is 7.74. The quantitative estimate of drug-likeness (QED) is 0.881. The lowest BCUT2D eigenvalue weighted by molar-refractivity contribution is -0.254. The molecular formula is C14H17NO2. The van der Waals surface area contributed by atoms with Crippen LogP contribution in [0.2, 0.25) is 0 Å². The largest absolute Gasteiger partial charge is 0.545 e. The van der Waals surface area contributed by atoms with E-state index in [4.69, 9.17) is 0 Å². The summed E-state index contributed by atoms with van der Waals surface area (Å²) in [6.07, 6.45) is 1.70. The summed E-state index contributed by atoms with van der Waals surface area (Å²) in [7, 11) is 0. The Kier molecular flexibility index (Phi) is 4.24. The Balaban J connectivity index is 0.00000144. The third-order valence-corrected chi connectivity index (χ3v) is 2.74. The Morgan fingerprint density at radius 3 is 2.53 bits per heavy atom. The van der Waals surface area contributed by atoms with Crippen LogP contribution in [0.3, 0.4) is 0 Å². The normalized spacial score (nSPS) is 9.94. The molecule has 2 aromatic carbocycles. The van der Waals surface area contributed by atoms with Crippen LogP contribution in [0, 0.1) is 0 Å². The second-order valence-electron chi connectivity index (χ2n) is 3.86. The lowest BCUT2D eigenvalue weighted by atomic mass is 9.96. The Morgan fingerprint density at radius 1 is 1.18 bits per heavy atom. The van der Waals surface area contributed by atoms with Crippen molar-refractivity contribution in [1.82, 2.24) is 6.15 Å². The molecule has 0 heterocycles. The van der Waals surface area contributed by atoms with Crippen LogP contribution >= 0.6 is 0 Å². The molecule has 0 bridgehead atoms. The van der Waals surface area contributed by atoms with Crippen molar-refractivity contribution >= 4 is 16.7 Å². The smallest absolute Gasteiger partial charge is 0.0724 e. The summed E-state index contributed by atoms with van der Waals surface area (Å²) in [6.45, 7) is 2.04. The van der Waals surface area contributed by atoms with Gasteiger partial charge in [0, 0.05) is 5.56 Å². The number of benzene rings is 2. The van der Waals surface area contributed by atoms with Gasteiger partial charge in [-0.3, -0.25) is 0 Å². The molecule has 0 aromatic heterocycles. The molecule has 17 heavy (non-hydrogen) atoms. The van der Waals surface area contributed by atoms with Gasteiger partial charge < -0.3 is 16.1 Å². The number of aryl methyl sites for hydroxylation is 1. The third-order valence-electron chi connectivity index (χ3n) is 2.74. The van der Waals surface area contributed by atoms with Crippen LogP contribution in [0.1, 0.15) is 29.3 Å². The summed E-state index contributed by atoms with van der Waals surface area (Å²) in [6, 6.07) is 11.4. The molecule has 0 amide bonds. The molecule has 4 N–H and O–H groups in total. The Hall–Kier alpha value is -1.87. The van der Waals surface area contributed by atoms with Crippen molar-refractivity contribution in [2.75, 3.05) is 0 Å². The molecule has 0 atom stereocenters. The average molecular weight is 231 g/mol. The molecule has 0 saturated heterocycles. The van der Waals surface area contributed by atoms with E-state index < -0.39 is 5.97 Å². The van der Waals surface area contributed by atoms with Crippen molar-refractivity contribution in [3.05, 3.63) is 47.5 Å². The molecule has 0 spiro atoms. The second kappa shape index (κ2) is 5.46. The van der Waals surface area contributed by atoms with Gasteiger partial charge in [0.1, 0.15) is 0 Å². The number of rotatable bonds is 3. The zero-order valence-electron chi connectivity index (χ0n) is 10.2. The van der Waals surface area contributed by atoms with Gasteiger partial charge >= 0.3 is 0 Å². The molecule has 90 valence electrons. The maximum Gasteiger partial charge on any atom is 0.0724 e. The number of hydrogen-bond acceptors (Lipinski definition) is 2. The molecule has 0 fully saturated rings. The lowest BCUT2D eigenvalue weighted by Gasteiger charge is -2.13. The van der Waals surface area contributed by atoms with Crippen molar-refractivity contribution in [3.63, 3.8) is 0 Å². The first-order valence-corrected chi connectivity index (χ1v) is 5.46. The van der Waals surface area contributed by atoms with Crippen molar-refractivity contribution in [1.29, 1.82) is 0 Å². The highest BCUT2D eigenvalue weighted by molar-refractivity contribution is 6.04. The molecular weight excluding hydrogens is 214 g/mol. The Morgan fingerprint density at radius 2 is 1.88 bits per heavy atom. The number of hydrogen-bond donors (Lipinski definition) is 1. The van der Waals surface area contributed by atoms with Crippen LogP contribution in [-0.2, 0) is 6.42 Å². The molecule has 0 unspecified atom stereocenters. The molecule has 0 aliphatic heterocycles. The van der Waals surface area contributed by atoms with Crippen molar-refractivity contribution < 1.29 is 9.90 Å². The summed E-state index contributed by atoms with van der Waals surface area (Å²) < 4.78 is 0. The van der Waals surface area contributed by atoms with E-state index in [0.717, 1.165) is 29.2 Å². The molecule has 0 aliphatic rings. The topological polar surface area (TPSA) is 76.6 Å². The van der Waals surface area contributed by atoms with E-state index in [1.807, 2.05) is 43.3 Å². The van der Waals surface area contributed by atoms with E-state index in [1.165, 1.54) is 0 Å². The highest BCUT2D eigenvalue weighted by atomic mass is 16.4. The van der Waals surface area contributed by atoms with E-state index in [-0.39, 0.29) is 6.15 Å².